The smallest absolute Gasteiger partial charge is 0.199 e. The minimum atomic E-state index is -0.0563. The summed E-state index contributed by atoms with van der Waals surface area (Å²) in [4.78, 5) is 7.47. The lowest BCUT2D eigenvalue weighted by molar-refractivity contribution is 0.496. The summed E-state index contributed by atoms with van der Waals surface area (Å²) in [6.07, 6.45) is 2.55. The molecule has 0 aromatic carbocycles. The van der Waals surface area contributed by atoms with Gasteiger partial charge in [-0.05, 0) is 18.4 Å². The fourth-order valence-electron chi connectivity index (χ4n) is 1.58. The molecule has 2 rings (SSSR count). The van der Waals surface area contributed by atoms with Crippen molar-refractivity contribution in [2.45, 2.75) is 26.3 Å². The van der Waals surface area contributed by atoms with Crippen LogP contribution in [0.1, 0.15) is 32.1 Å². The zero-order valence-corrected chi connectivity index (χ0v) is 8.94. The molecule has 0 saturated heterocycles. The average molecular weight is 205 g/mol. The monoisotopic (exact) mass is 205 g/mol. The standard InChI is InChI=1S/C10H15N5/c1-6(2)5-7(11)9-13-8-3-4-12-15-10(8)14-9/h3-4,6-7H,5,11H2,1-2H3,(H,13,14,15)/t7-/m1/s1. The van der Waals surface area contributed by atoms with Crippen LogP contribution in [0.2, 0.25) is 0 Å². The Labute approximate surface area is 88.1 Å². The number of fused-ring (bicyclic) bond motifs is 1. The van der Waals surface area contributed by atoms with Gasteiger partial charge in [-0.3, -0.25) is 0 Å². The molecule has 0 radical (unpaired) electrons. The molecule has 0 amide bonds. The molecule has 15 heavy (non-hydrogen) atoms. The normalized spacial score (nSPS) is 13.6. The van der Waals surface area contributed by atoms with Crippen LogP contribution >= 0.6 is 0 Å². The van der Waals surface area contributed by atoms with Crippen LogP contribution in [0.3, 0.4) is 0 Å². The molecule has 0 spiro atoms. The van der Waals surface area contributed by atoms with Gasteiger partial charge in [0.15, 0.2) is 5.65 Å². The minimum Gasteiger partial charge on any atom is -0.339 e. The van der Waals surface area contributed by atoms with Crippen molar-refractivity contribution in [1.82, 2.24) is 20.2 Å². The van der Waals surface area contributed by atoms with E-state index in [1.54, 1.807) is 6.20 Å². The van der Waals surface area contributed by atoms with E-state index in [4.69, 9.17) is 5.73 Å². The van der Waals surface area contributed by atoms with E-state index in [9.17, 15) is 0 Å². The van der Waals surface area contributed by atoms with Gasteiger partial charge in [-0.1, -0.05) is 13.8 Å². The maximum absolute atomic E-state index is 6.02. The largest absolute Gasteiger partial charge is 0.339 e. The van der Waals surface area contributed by atoms with Crippen LogP contribution in [0.25, 0.3) is 11.2 Å². The van der Waals surface area contributed by atoms with Crippen LogP contribution in [-0.2, 0) is 0 Å². The van der Waals surface area contributed by atoms with Gasteiger partial charge in [-0.2, -0.15) is 5.10 Å². The second-order valence-electron chi connectivity index (χ2n) is 4.13. The number of hydrogen-bond acceptors (Lipinski definition) is 4. The van der Waals surface area contributed by atoms with Crippen molar-refractivity contribution < 1.29 is 0 Å². The Morgan fingerprint density at radius 1 is 1.47 bits per heavy atom. The summed E-state index contributed by atoms with van der Waals surface area (Å²) in [5, 5.41) is 7.69. The summed E-state index contributed by atoms with van der Waals surface area (Å²) in [7, 11) is 0. The Kier molecular flexibility index (Phi) is 2.64. The molecule has 0 aliphatic rings. The van der Waals surface area contributed by atoms with Crippen LogP contribution in [0.4, 0.5) is 0 Å². The number of rotatable bonds is 3. The van der Waals surface area contributed by atoms with Gasteiger partial charge >= 0.3 is 0 Å². The highest BCUT2D eigenvalue weighted by Crippen LogP contribution is 2.17. The summed E-state index contributed by atoms with van der Waals surface area (Å²) < 4.78 is 0. The predicted molar refractivity (Wildman–Crippen MR) is 58.1 cm³/mol. The lowest BCUT2D eigenvalue weighted by Crippen LogP contribution is -2.14. The first-order valence-corrected chi connectivity index (χ1v) is 5.09. The molecule has 5 heteroatoms. The number of aromatic nitrogens is 4. The molecule has 2 aromatic heterocycles. The first kappa shape index (κ1) is 10.0. The summed E-state index contributed by atoms with van der Waals surface area (Å²) in [6, 6.07) is 1.79. The van der Waals surface area contributed by atoms with Crippen LogP contribution in [0.15, 0.2) is 12.3 Å². The van der Waals surface area contributed by atoms with Crippen LogP contribution in [-0.4, -0.2) is 20.2 Å². The average Bonchev–Trinajstić information content (AvgIpc) is 2.59. The van der Waals surface area contributed by atoms with Crippen molar-refractivity contribution in [3.05, 3.63) is 18.1 Å². The Morgan fingerprint density at radius 2 is 2.27 bits per heavy atom. The molecule has 1 atom stereocenters. The number of hydrogen-bond donors (Lipinski definition) is 2. The zero-order chi connectivity index (χ0) is 10.8. The third-order valence-electron chi connectivity index (χ3n) is 2.27. The SMILES string of the molecule is CC(C)C[C@@H](N)c1nc2nnccc2[nH]1. The van der Waals surface area contributed by atoms with Gasteiger partial charge in [0.25, 0.3) is 0 Å². The van der Waals surface area contributed by atoms with Crippen molar-refractivity contribution in [2.24, 2.45) is 11.7 Å². The minimum absolute atomic E-state index is 0.0563. The number of H-pyrrole nitrogens is 1. The summed E-state index contributed by atoms with van der Waals surface area (Å²) in [5.41, 5.74) is 7.54. The highest BCUT2D eigenvalue weighted by molar-refractivity contribution is 5.69. The van der Waals surface area contributed by atoms with Crippen molar-refractivity contribution in [2.75, 3.05) is 0 Å². The van der Waals surface area contributed by atoms with E-state index in [1.807, 2.05) is 6.07 Å². The Bertz CT molecular complexity index is 415. The molecule has 0 fully saturated rings. The van der Waals surface area contributed by atoms with Gasteiger partial charge in [-0.15, -0.1) is 5.10 Å². The van der Waals surface area contributed by atoms with Crippen molar-refractivity contribution >= 4 is 11.2 Å². The number of nitrogens with two attached hydrogens (primary N) is 1. The second kappa shape index (κ2) is 3.94. The molecular formula is C10H15N5. The molecule has 2 heterocycles. The van der Waals surface area contributed by atoms with Crippen LogP contribution < -0.4 is 5.73 Å². The molecule has 0 unspecified atom stereocenters. The number of nitrogens with one attached hydrogen (secondary N) is 1. The van der Waals surface area contributed by atoms with E-state index in [2.05, 4.69) is 34.0 Å². The molecule has 0 aliphatic carbocycles. The van der Waals surface area contributed by atoms with Gasteiger partial charge in [0.2, 0.25) is 0 Å². The topological polar surface area (TPSA) is 80.5 Å². The van der Waals surface area contributed by atoms with Crippen LogP contribution in [0.5, 0.6) is 0 Å². The summed E-state index contributed by atoms with van der Waals surface area (Å²) in [6.45, 7) is 4.28. The van der Waals surface area contributed by atoms with Gasteiger partial charge < -0.3 is 10.7 Å². The molecule has 0 aliphatic heterocycles. The highest BCUT2D eigenvalue weighted by Gasteiger charge is 2.13. The van der Waals surface area contributed by atoms with Crippen molar-refractivity contribution in [1.29, 1.82) is 0 Å². The summed E-state index contributed by atoms with van der Waals surface area (Å²) in [5.74, 6) is 1.35. The van der Waals surface area contributed by atoms with E-state index >= 15 is 0 Å². The first-order chi connectivity index (χ1) is 7.16. The Hall–Kier alpha value is -1.49. The van der Waals surface area contributed by atoms with E-state index in [1.165, 1.54) is 0 Å². The fraction of sp³-hybridized carbons (Fsp3) is 0.500. The van der Waals surface area contributed by atoms with E-state index < -0.39 is 0 Å². The van der Waals surface area contributed by atoms with E-state index in [-0.39, 0.29) is 6.04 Å². The third kappa shape index (κ3) is 2.12. The van der Waals surface area contributed by atoms with Crippen molar-refractivity contribution in [3.8, 4) is 0 Å². The Morgan fingerprint density at radius 3 is 2.93 bits per heavy atom. The molecule has 5 nitrogen and oxygen atoms in total. The van der Waals surface area contributed by atoms with Gasteiger partial charge in [0.05, 0.1) is 17.8 Å². The molecule has 0 saturated carbocycles. The van der Waals surface area contributed by atoms with Gasteiger partial charge in [0, 0.05) is 0 Å². The second-order valence-corrected chi connectivity index (χ2v) is 4.13. The molecule has 3 N–H and O–H groups in total. The maximum atomic E-state index is 6.02. The Balaban J connectivity index is 2.28. The van der Waals surface area contributed by atoms with E-state index in [0.29, 0.717) is 11.6 Å². The molecule has 2 aromatic rings. The summed E-state index contributed by atoms with van der Waals surface area (Å²) >= 11 is 0. The van der Waals surface area contributed by atoms with Gasteiger partial charge in [-0.25, -0.2) is 4.98 Å². The number of aromatic amines is 1. The lowest BCUT2D eigenvalue weighted by Gasteiger charge is -2.10. The quantitative estimate of drug-likeness (QED) is 0.793. The van der Waals surface area contributed by atoms with Crippen LogP contribution in [0, 0.1) is 5.92 Å². The zero-order valence-electron chi connectivity index (χ0n) is 8.94. The molecular weight excluding hydrogens is 190 g/mol. The predicted octanol–water partition coefficient (Wildman–Crippen LogP) is 1.40. The first-order valence-electron chi connectivity index (χ1n) is 5.09. The van der Waals surface area contributed by atoms with E-state index in [0.717, 1.165) is 17.8 Å². The maximum Gasteiger partial charge on any atom is 0.199 e. The lowest BCUT2D eigenvalue weighted by atomic mass is 10.0. The number of imidazole rings is 1. The molecule has 0 bridgehead atoms. The molecule has 80 valence electrons. The highest BCUT2D eigenvalue weighted by atomic mass is 15.1. The number of nitrogens with zero attached hydrogens (tertiary/aromatic N) is 3. The third-order valence-corrected chi connectivity index (χ3v) is 2.27. The van der Waals surface area contributed by atoms with Gasteiger partial charge in [0.1, 0.15) is 5.82 Å². The van der Waals surface area contributed by atoms with Crippen molar-refractivity contribution in [3.63, 3.8) is 0 Å². The fourth-order valence-corrected chi connectivity index (χ4v) is 1.58.